The molecule has 0 spiro atoms. The van der Waals surface area contributed by atoms with Gasteiger partial charge in [-0.2, -0.15) is 0 Å². The molecule has 5 nitrogen and oxygen atoms in total. The zero-order valence-corrected chi connectivity index (χ0v) is 15.1. The van der Waals surface area contributed by atoms with Crippen molar-refractivity contribution in [2.24, 2.45) is 0 Å². The molecule has 5 heteroatoms. The predicted octanol–water partition coefficient (Wildman–Crippen LogP) is 3.09. The molecule has 0 bridgehead atoms. The molecule has 1 aliphatic rings. The van der Waals surface area contributed by atoms with Crippen LogP contribution >= 0.6 is 0 Å². The second-order valence-electron chi connectivity index (χ2n) is 6.45. The molecule has 0 unspecified atom stereocenters. The Labute approximate surface area is 145 Å². The van der Waals surface area contributed by atoms with E-state index in [1.54, 1.807) is 32.4 Å². The van der Waals surface area contributed by atoms with Gasteiger partial charge in [0, 0.05) is 18.7 Å². The third-order valence-corrected chi connectivity index (χ3v) is 4.82. The number of amides is 1. The predicted molar refractivity (Wildman–Crippen MR) is 96.0 cm³/mol. The highest BCUT2D eigenvalue weighted by molar-refractivity contribution is 5.97. The summed E-state index contributed by atoms with van der Waals surface area (Å²) in [5, 5.41) is 2.98. The quantitative estimate of drug-likeness (QED) is 0.742. The fourth-order valence-corrected chi connectivity index (χ4v) is 3.32. The topological polar surface area (TPSA) is 50.8 Å². The fourth-order valence-electron chi connectivity index (χ4n) is 3.32. The van der Waals surface area contributed by atoms with Crippen LogP contribution in [0.2, 0.25) is 0 Å². The van der Waals surface area contributed by atoms with Crippen LogP contribution in [-0.2, 0) is 0 Å². The zero-order valence-electron chi connectivity index (χ0n) is 15.1. The minimum atomic E-state index is -0.102. The lowest BCUT2D eigenvalue weighted by atomic mass is 9.94. The van der Waals surface area contributed by atoms with E-state index in [4.69, 9.17) is 9.47 Å². The van der Waals surface area contributed by atoms with Crippen molar-refractivity contribution in [3.8, 4) is 11.5 Å². The van der Waals surface area contributed by atoms with E-state index < -0.39 is 0 Å². The Morgan fingerprint density at radius 1 is 1.21 bits per heavy atom. The molecule has 0 heterocycles. The maximum atomic E-state index is 12.3. The number of methoxy groups -OCH3 is 2. The van der Waals surface area contributed by atoms with Gasteiger partial charge >= 0.3 is 0 Å². The highest BCUT2D eigenvalue weighted by Crippen LogP contribution is 2.24. The van der Waals surface area contributed by atoms with E-state index in [2.05, 4.69) is 17.3 Å². The van der Waals surface area contributed by atoms with E-state index in [0.717, 1.165) is 19.0 Å². The van der Waals surface area contributed by atoms with Gasteiger partial charge < -0.3 is 19.7 Å². The molecule has 1 aromatic carbocycles. The summed E-state index contributed by atoms with van der Waals surface area (Å²) in [6.07, 6.45) is 7.66. The molecule has 0 aliphatic heterocycles. The van der Waals surface area contributed by atoms with Crippen LogP contribution in [0.3, 0.4) is 0 Å². The average Bonchev–Trinajstić information content (AvgIpc) is 2.64. The molecule has 0 aromatic heterocycles. The lowest BCUT2D eigenvalue weighted by Crippen LogP contribution is -2.35. The maximum absolute atomic E-state index is 12.3. The van der Waals surface area contributed by atoms with Crippen molar-refractivity contribution in [2.75, 3.05) is 34.4 Å². The smallest absolute Gasteiger partial charge is 0.255 e. The minimum Gasteiger partial charge on any atom is -0.497 e. The summed E-state index contributed by atoms with van der Waals surface area (Å²) in [5.74, 6) is 1.11. The van der Waals surface area contributed by atoms with Crippen molar-refractivity contribution < 1.29 is 14.3 Å². The Morgan fingerprint density at radius 2 is 1.96 bits per heavy atom. The molecule has 2 rings (SSSR count). The Bertz CT molecular complexity index is 527. The lowest BCUT2D eigenvalue weighted by Gasteiger charge is -2.31. The van der Waals surface area contributed by atoms with Crippen molar-refractivity contribution in [1.82, 2.24) is 10.2 Å². The Morgan fingerprint density at radius 3 is 2.62 bits per heavy atom. The minimum absolute atomic E-state index is 0.102. The van der Waals surface area contributed by atoms with E-state index in [1.807, 2.05) is 0 Å². The molecular formula is C19H30N2O3. The van der Waals surface area contributed by atoms with Crippen LogP contribution in [0, 0.1) is 0 Å². The van der Waals surface area contributed by atoms with E-state index >= 15 is 0 Å². The Hall–Kier alpha value is -1.75. The van der Waals surface area contributed by atoms with Crippen molar-refractivity contribution in [1.29, 1.82) is 0 Å². The average molecular weight is 334 g/mol. The Balaban J connectivity index is 1.76. The monoisotopic (exact) mass is 334 g/mol. The van der Waals surface area contributed by atoms with Gasteiger partial charge in [0.1, 0.15) is 11.5 Å². The molecule has 1 aromatic rings. The van der Waals surface area contributed by atoms with Crippen LogP contribution < -0.4 is 14.8 Å². The third-order valence-electron chi connectivity index (χ3n) is 4.82. The van der Waals surface area contributed by atoms with E-state index in [0.29, 0.717) is 23.6 Å². The number of hydrogen-bond donors (Lipinski definition) is 1. The number of rotatable bonds is 8. The highest BCUT2D eigenvalue weighted by Gasteiger charge is 2.17. The van der Waals surface area contributed by atoms with Gasteiger partial charge in [-0.15, -0.1) is 0 Å². The summed E-state index contributed by atoms with van der Waals surface area (Å²) in [4.78, 5) is 14.8. The Kier molecular flexibility index (Phi) is 7.37. The molecular weight excluding hydrogens is 304 g/mol. The first-order valence-electron chi connectivity index (χ1n) is 8.86. The molecule has 1 saturated carbocycles. The van der Waals surface area contributed by atoms with Crippen LogP contribution in [0.1, 0.15) is 48.9 Å². The zero-order chi connectivity index (χ0) is 17.4. The van der Waals surface area contributed by atoms with Crippen LogP contribution in [-0.4, -0.2) is 51.2 Å². The SMILES string of the molecule is COc1ccc(C(=O)NCCCN(C)C2CCCCC2)c(OC)c1. The molecule has 1 fully saturated rings. The highest BCUT2D eigenvalue weighted by atomic mass is 16.5. The molecule has 24 heavy (non-hydrogen) atoms. The molecule has 1 amide bonds. The van der Waals surface area contributed by atoms with Crippen LogP contribution in [0.4, 0.5) is 0 Å². The van der Waals surface area contributed by atoms with Crippen LogP contribution in [0.25, 0.3) is 0 Å². The normalized spacial score (nSPS) is 15.3. The first-order valence-corrected chi connectivity index (χ1v) is 8.86. The maximum Gasteiger partial charge on any atom is 0.255 e. The van der Waals surface area contributed by atoms with Gasteiger partial charge in [-0.25, -0.2) is 0 Å². The van der Waals surface area contributed by atoms with Gasteiger partial charge in [0.15, 0.2) is 0 Å². The summed E-state index contributed by atoms with van der Waals surface area (Å²) in [6.45, 7) is 1.69. The van der Waals surface area contributed by atoms with Crippen molar-refractivity contribution in [2.45, 2.75) is 44.6 Å². The van der Waals surface area contributed by atoms with Gasteiger partial charge in [-0.05, 0) is 45.0 Å². The van der Waals surface area contributed by atoms with Crippen molar-refractivity contribution in [3.05, 3.63) is 23.8 Å². The van der Waals surface area contributed by atoms with Crippen molar-refractivity contribution >= 4 is 5.91 Å². The molecule has 0 radical (unpaired) electrons. The first kappa shape index (κ1) is 18.6. The summed E-state index contributed by atoms with van der Waals surface area (Å²) in [7, 11) is 5.35. The molecule has 0 saturated heterocycles. The third kappa shape index (κ3) is 5.13. The largest absolute Gasteiger partial charge is 0.497 e. The summed E-state index contributed by atoms with van der Waals surface area (Å²) >= 11 is 0. The van der Waals surface area contributed by atoms with Gasteiger partial charge in [-0.1, -0.05) is 19.3 Å². The van der Waals surface area contributed by atoms with Crippen LogP contribution in [0.5, 0.6) is 11.5 Å². The van der Waals surface area contributed by atoms with Gasteiger partial charge in [0.05, 0.1) is 19.8 Å². The molecule has 0 atom stereocenters. The number of carbonyl (C=O) groups excluding carboxylic acids is 1. The van der Waals surface area contributed by atoms with E-state index in [1.165, 1.54) is 32.1 Å². The summed E-state index contributed by atoms with van der Waals surface area (Å²) in [5.41, 5.74) is 0.541. The van der Waals surface area contributed by atoms with E-state index in [-0.39, 0.29) is 5.91 Å². The second-order valence-corrected chi connectivity index (χ2v) is 6.45. The molecule has 134 valence electrons. The number of hydrogen-bond acceptors (Lipinski definition) is 4. The number of ether oxygens (including phenoxy) is 2. The second kappa shape index (κ2) is 9.52. The summed E-state index contributed by atoms with van der Waals surface area (Å²) < 4.78 is 10.4. The number of carbonyl (C=O) groups is 1. The summed E-state index contributed by atoms with van der Waals surface area (Å²) in [6, 6.07) is 5.96. The number of nitrogens with zero attached hydrogens (tertiary/aromatic N) is 1. The van der Waals surface area contributed by atoms with Gasteiger partial charge in [0.2, 0.25) is 0 Å². The van der Waals surface area contributed by atoms with Gasteiger partial charge in [0.25, 0.3) is 5.91 Å². The number of nitrogens with one attached hydrogen (secondary N) is 1. The first-order chi connectivity index (χ1) is 11.7. The van der Waals surface area contributed by atoms with E-state index in [9.17, 15) is 4.79 Å². The van der Waals surface area contributed by atoms with Crippen LogP contribution in [0.15, 0.2) is 18.2 Å². The van der Waals surface area contributed by atoms with Gasteiger partial charge in [-0.3, -0.25) is 4.79 Å². The fraction of sp³-hybridized carbons (Fsp3) is 0.632. The molecule has 1 N–H and O–H groups in total. The number of benzene rings is 1. The molecule has 1 aliphatic carbocycles. The van der Waals surface area contributed by atoms with Crippen molar-refractivity contribution in [3.63, 3.8) is 0 Å². The lowest BCUT2D eigenvalue weighted by molar-refractivity contribution is 0.0947. The standard InChI is InChI=1S/C19H30N2O3/c1-21(15-8-5-4-6-9-15)13-7-12-20-19(22)17-11-10-16(23-2)14-18(17)24-3/h10-11,14-15H,4-9,12-13H2,1-3H3,(H,20,22).